The quantitative estimate of drug-likeness (QED) is 0.249. The Morgan fingerprint density at radius 2 is 1.19 bits per heavy atom. The van der Waals surface area contributed by atoms with Crippen LogP contribution in [0.15, 0.2) is 18.2 Å². The first-order valence-electron chi connectivity index (χ1n) is 13.3. The molecule has 0 fully saturated rings. The zero-order chi connectivity index (χ0) is 24.2. The van der Waals surface area contributed by atoms with E-state index >= 15 is 0 Å². The molecule has 1 rings (SSSR count). The fraction of sp³-hybridized carbons (Fsp3) is 0.759. The number of carbonyl (C=O) groups excluding carboxylic acids is 1. The second kappa shape index (κ2) is 19.0. The van der Waals surface area contributed by atoms with Crippen LogP contribution in [-0.4, -0.2) is 11.0 Å². The van der Waals surface area contributed by atoms with Crippen LogP contribution in [0.2, 0.25) is 0 Å². The summed E-state index contributed by atoms with van der Waals surface area (Å²) >= 11 is 0. The molecule has 0 bridgehead atoms. The molecule has 0 atom stereocenters. The van der Waals surface area contributed by atoms with Gasteiger partial charge in [-0.15, -0.1) is 0 Å². The number of nitrogens with two attached hydrogens (primary N) is 1. The van der Waals surface area contributed by atoms with Crippen molar-refractivity contribution in [2.24, 2.45) is 5.73 Å². The first-order valence-corrected chi connectivity index (χ1v) is 13.3. The minimum atomic E-state index is -0.153. The fourth-order valence-corrected chi connectivity index (χ4v) is 3.95. The molecule has 32 heavy (non-hydrogen) atoms. The Labute approximate surface area is 199 Å². The molecule has 0 saturated carbocycles. The molecule has 186 valence electrons. The van der Waals surface area contributed by atoms with Gasteiger partial charge >= 0.3 is 0 Å². The van der Waals surface area contributed by atoms with Crippen LogP contribution in [0.3, 0.4) is 0 Å². The van der Waals surface area contributed by atoms with Crippen molar-refractivity contribution in [3.05, 3.63) is 29.3 Å². The van der Waals surface area contributed by atoms with E-state index in [0.29, 0.717) is 12.2 Å². The molecule has 0 aliphatic carbocycles. The van der Waals surface area contributed by atoms with Crippen LogP contribution in [-0.2, 0) is 10.2 Å². The number of primary amides is 1. The molecule has 3 heteroatoms. The fourth-order valence-electron chi connectivity index (χ4n) is 3.95. The maximum Gasteiger partial charge on any atom is 0.217 e. The molecule has 0 spiro atoms. The molecular formula is C29H53NO2. The van der Waals surface area contributed by atoms with Gasteiger partial charge in [-0.2, -0.15) is 0 Å². The molecular weight excluding hydrogens is 394 g/mol. The van der Waals surface area contributed by atoms with E-state index < -0.39 is 0 Å². The van der Waals surface area contributed by atoms with Crippen LogP contribution in [0.5, 0.6) is 5.75 Å². The summed E-state index contributed by atoms with van der Waals surface area (Å²) in [5.41, 5.74) is 7.24. The molecule has 1 aromatic carbocycles. The highest BCUT2D eigenvalue weighted by atomic mass is 16.3. The Balaban J connectivity index is 0.000000677. The van der Waals surface area contributed by atoms with Crippen molar-refractivity contribution in [1.29, 1.82) is 0 Å². The molecule has 3 N–H and O–H groups in total. The minimum absolute atomic E-state index is 0.0256. The average Bonchev–Trinajstić information content (AvgIpc) is 2.70. The third-order valence-electron chi connectivity index (χ3n) is 5.99. The third-order valence-corrected chi connectivity index (χ3v) is 5.99. The van der Waals surface area contributed by atoms with Crippen molar-refractivity contribution < 1.29 is 9.90 Å². The number of phenols is 1. The molecule has 0 aliphatic heterocycles. The molecule has 0 aromatic heterocycles. The van der Waals surface area contributed by atoms with E-state index in [9.17, 15) is 9.90 Å². The number of rotatable bonds is 16. The van der Waals surface area contributed by atoms with Gasteiger partial charge in [0.1, 0.15) is 5.75 Å². The standard InChI is InChI=1S/C18H37NO.C11H16O/c1-2-3-4-5-6-7-8-9-10-11-12-13-14-15-16-17-18(19)20;1-8-5-6-9(10(12)7-8)11(2,3)4/h2-17H2,1H3,(H2,19,20);5-7,12H,1-4H3. The van der Waals surface area contributed by atoms with Gasteiger partial charge in [-0.05, 0) is 36.0 Å². The summed E-state index contributed by atoms with van der Waals surface area (Å²) in [6, 6.07) is 5.82. The van der Waals surface area contributed by atoms with Crippen molar-refractivity contribution in [2.75, 3.05) is 0 Å². The molecule has 0 saturated heterocycles. The van der Waals surface area contributed by atoms with E-state index in [4.69, 9.17) is 5.73 Å². The van der Waals surface area contributed by atoms with E-state index in [-0.39, 0.29) is 11.3 Å². The van der Waals surface area contributed by atoms with Crippen molar-refractivity contribution >= 4 is 5.91 Å². The highest BCUT2D eigenvalue weighted by molar-refractivity contribution is 5.73. The largest absolute Gasteiger partial charge is 0.508 e. The highest BCUT2D eigenvalue weighted by Gasteiger charge is 2.17. The number of amides is 1. The molecule has 0 radical (unpaired) electrons. The van der Waals surface area contributed by atoms with Crippen molar-refractivity contribution in [2.45, 2.75) is 143 Å². The van der Waals surface area contributed by atoms with Gasteiger partial charge in [-0.3, -0.25) is 4.79 Å². The summed E-state index contributed by atoms with van der Waals surface area (Å²) in [6.45, 7) is 10.5. The summed E-state index contributed by atoms with van der Waals surface area (Å²) in [6.07, 6.45) is 20.9. The Morgan fingerprint density at radius 3 is 1.53 bits per heavy atom. The summed E-state index contributed by atoms with van der Waals surface area (Å²) in [5, 5.41) is 9.63. The maximum atomic E-state index is 10.6. The smallest absolute Gasteiger partial charge is 0.217 e. The average molecular weight is 448 g/mol. The lowest BCUT2D eigenvalue weighted by Crippen LogP contribution is -2.11. The topological polar surface area (TPSA) is 63.3 Å². The Hall–Kier alpha value is -1.51. The number of carbonyl (C=O) groups is 1. The van der Waals surface area contributed by atoms with E-state index in [2.05, 4.69) is 27.7 Å². The molecule has 3 nitrogen and oxygen atoms in total. The van der Waals surface area contributed by atoms with Crippen LogP contribution in [0.1, 0.15) is 142 Å². The van der Waals surface area contributed by atoms with Crippen molar-refractivity contribution in [3.63, 3.8) is 0 Å². The molecule has 0 unspecified atom stereocenters. The predicted octanol–water partition coefficient (Wildman–Crippen LogP) is 8.73. The van der Waals surface area contributed by atoms with Gasteiger partial charge in [0, 0.05) is 6.42 Å². The Kier molecular flexibility index (Phi) is 18.1. The summed E-state index contributed by atoms with van der Waals surface area (Å²) < 4.78 is 0. The lowest BCUT2D eigenvalue weighted by Gasteiger charge is -2.20. The summed E-state index contributed by atoms with van der Waals surface area (Å²) in [5.74, 6) is 0.252. The van der Waals surface area contributed by atoms with Crippen LogP contribution >= 0.6 is 0 Å². The second-order valence-corrected chi connectivity index (χ2v) is 10.4. The van der Waals surface area contributed by atoms with Gasteiger partial charge < -0.3 is 10.8 Å². The van der Waals surface area contributed by atoms with Gasteiger partial charge in [0.15, 0.2) is 0 Å². The van der Waals surface area contributed by atoms with Gasteiger partial charge in [-0.1, -0.05) is 130 Å². The second-order valence-electron chi connectivity index (χ2n) is 10.4. The number of phenolic OH excluding ortho intramolecular Hbond substituents is 1. The van der Waals surface area contributed by atoms with Crippen LogP contribution in [0.4, 0.5) is 0 Å². The number of benzene rings is 1. The third kappa shape index (κ3) is 18.1. The van der Waals surface area contributed by atoms with Gasteiger partial charge in [0.05, 0.1) is 0 Å². The lowest BCUT2D eigenvalue weighted by atomic mass is 9.86. The van der Waals surface area contributed by atoms with E-state index in [0.717, 1.165) is 17.5 Å². The monoisotopic (exact) mass is 447 g/mol. The van der Waals surface area contributed by atoms with Gasteiger partial charge in [0.2, 0.25) is 5.91 Å². The SMILES string of the molecule is CCCCCCCCCCCCCCCCCC(N)=O.Cc1ccc(C(C)(C)C)c(O)c1. The van der Waals surface area contributed by atoms with Crippen LogP contribution in [0, 0.1) is 6.92 Å². The van der Waals surface area contributed by atoms with E-state index in [1.54, 1.807) is 6.07 Å². The Bertz CT molecular complexity index is 589. The molecule has 0 heterocycles. The molecule has 1 aromatic rings. The summed E-state index contributed by atoms with van der Waals surface area (Å²) in [7, 11) is 0. The zero-order valence-electron chi connectivity index (χ0n) is 22.0. The van der Waals surface area contributed by atoms with Crippen LogP contribution in [0.25, 0.3) is 0 Å². The number of unbranched alkanes of at least 4 members (excludes halogenated alkanes) is 14. The highest BCUT2D eigenvalue weighted by Crippen LogP contribution is 2.30. The first kappa shape index (κ1) is 30.5. The zero-order valence-corrected chi connectivity index (χ0v) is 22.0. The minimum Gasteiger partial charge on any atom is -0.508 e. The van der Waals surface area contributed by atoms with Gasteiger partial charge in [0.25, 0.3) is 0 Å². The lowest BCUT2D eigenvalue weighted by molar-refractivity contribution is -0.118. The number of hydrogen-bond donors (Lipinski definition) is 2. The molecule has 0 aliphatic rings. The van der Waals surface area contributed by atoms with E-state index in [1.807, 2.05) is 19.1 Å². The predicted molar refractivity (Wildman–Crippen MR) is 140 cm³/mol. The number of aryl methyl sites for hydroxylation is 1. The van der Waals surface area contributed by atoms with Crippen molar-refractivity contribution in [3.8, 4) is 5.75 Å². The maximum absolute atomic E-state index is 10.6. The van der Waals surface area contributed by atoms with Crippen LogP contribution < -0.4 is 5.73 Å². The molecule has 1 amide bonds. The summed E-state index contributed by atoms with van der Waals surface area (Å²) in [4.78, 5) is 10.6. The first-order chi connectivity index (χ1) is 15.2. The van der Waals surface area contributed by atoms with Crippen molar-refractivity contribution in [1.82, 2.24) is 0 Å². The van der Waals surface area contributed by atoms with E-state index in [1.165, 1.54) is 89.9 Å². The Morgan fingerprint density at radius 1 is 0.781 bits per heavy atom. The normalized spacial score (nSPS) is 11.2. The number of aromatic hydroxyl groups is 1. The number of hydrogen-bond acceptors (Lipinski definition) is 2. The van der Waals surface area contributed by atoms with Gasteiger partial charge in [-0.25, -0.2) is 0 Å².